The Morgan fingerprint density at radius 2 is 1.85 bits per heavy atom. The van der Waals surface area contributed by atoms with Crippen LogP contribution < -0.4 is 10.6 Å². The summed E-state index contributed by atoms with van der Waals surface area (Å²) in [6.45, 7) is 11.2. The summed E-state index contributed by atoms with van der Waals surface area (Å²) in [5.41, 5.74) is 2.83. The van der Waals surface area contributed by atoms with Crippen LogP contribution in [-0.2, 0) is 14.3 Å². The zero-order valence-corrected chi connectivity index (χ0v) is 30.9. The highest BCUT2D eigenvalue weighted by Gasteiger charge is 2.27. The van der Waals surface area contributed by atoms with E-state index in [0.717, 1.165) is 45.7 Å². The van der Waals surface area contributed by atoms with Crippen LogP contribution in [0.5, 0.6) is 0 Å². The highest BCUT2D eigenvalue weighted by atomic mass is 35.5. The summed E-state index contributed by atoms with van der Waals surface area (Å²) in [5.74, 6) is -0.256. The smallest absolute Gasteiger partial charge is 0.411 e. The van der Waals surface area contributed by atoms with Gasteiger partial charge in [-0.2, -0.15) is 4.68 Å². The van der Waals surface area contributed by atoms with Gasteiger partial charge in [0, 0.05) is 60.6 Å². The Labute approximate surface area is 312 Å². The number of rotatable bonds is 14. The van der Waals surface area contributed by atoms with Crippen molar-refractivity contribution in [3.05, 3.63) is 76.4 Å². The largest absolute Gasteiger partial charge is 0.453 e. The third-order valence-corrected chi connectivity index (χ3v) is 9.37. The monoisotopic (exact) mass is 751 g/mol. The van der Waals surface area contributed by atoms with Gasteiger partial charge in [0.25, 0.3) is 0 Å². The number of nitrogens with zero attached hydrogens (tertiary/aromatic N) is 8. The molecule has 2 aromatic carbocycles. The molecule has 3 heterocycles. The first-order valence-electron chi connectivity index (χ1n) is 17.1. The van der Waals surface area contributed by atoms with Crippen LogP contribution in [0.4, 0.5) is 10.5 Å². The highest BCUT2D eigenvalue weighted by molar-refractivity contribution is 6.32. The average molecular weight is 753 g/mol. The molecular weight excluding hydrogens is 709 g/mol. The molecule has 1 saturated heterocycles. The van der Waals surface area contributed by atoms with Crippen molar-refractivity contribution in [2.75, 3.05) is 64.8 Å². The third-order valence-electron chi connectivity index (χ3n) is 8.86. The maximum atomic E-state index is 13.9. The minimum Gasteiger partial charge on any atom is -0.453 e. The summed E-state index contributed by atoms with van der Waals surface area (Å²) in [4.78, 5) is 53.4. The molecule has 15 nitrogen and oxygen atoms in total. The molecule has 3 amide bonds. The van der Waals surface area contributed by atoms with Crippen LogP contribution in [0, 0.1) is 0 Å². The van der Waals surface area contributed by atoms with Crippen LogP contribution in [0.3, 0.4) is 0 Å². The lowest BCUT2D eigenvalue weighted by Gasteiger charge is -2.26. The second-order valence-electron chi connectivity index (χ2n) is 12.1. The number of ether oxygens (including phenoxy) is 1. The molecule has 0 aliphatic carbocycles. The minimum atomic E-state index is -0.837. The van der Waals surface area contributed by atoms with E-state index in [2.05, 4.69) is 59.5 Å². The van der Waals surface area contributed by atoms with Gasteiger partial charge in [-0.1, -0.05) is 49.2 Å². The number of methoxy groups -OCH3 is 1. The summed E-state index contributed by atoms with van der Waals surface area (Å²) in [7, 11) is 1.28. The number of hydrogen-bond donors (Lipinski definition) is 3. The number of aromatic nitrogens is 6. The van der Waals surface area contributed by atoms with E-state index < -0.39 is 18.0 Å². The molecule has 52 heavy (non-hydrogen) atoms. The summed E-state index contributed by atoms with van der Waals surface area (Å²) >= 11 is 12.9. The van der Waals surface area contributed by atoms with Crippen LogP contribution in [-0.4, -0.2) is 122 Å². The number of imidazole rings is 1. The number of benzene rings is 2. The van der Waals surface area contributed by atoms with Crippen molar-refractivity contribution >= 4 is 52.9 Å². The molecule has 17 heteroatoms. The third kappa shape index (κ3) is 10.4. The second-order valence-corrected chi connectivity index (χ2v) is 13.0. The fraction of sp³-hybridized carbons (Fsp3) is 0.400. The summed E-state index contributed by atoms with van der Waals surface area (Å²) in [5, 5.41) is 17.6. The zero-order valence-electron chi connectivity index (χ0n) is 29.4. The molecule has 0 saturated carbocycles. The van der Waals surface area contributed by atoms with Gasteiger partial charge < -0.3 is 29.7 Å². The standard InChI is InChI=1S/C35H43Cl2N11O4/c1-4-45(5-2)17-18-46-15-6-16-47(20-19-46)31(50)22-28(34-41-32(33(37)42-34)24-7-11-27(12-8-24)39-35(51)52-3)40-30(49)14-9-25-21-26(36)10-13-29(25)48-23-38-43-44-48/h7-14,21,23,28H,4-6,15-20,22H2,1-3H3,(H,39,51)(H,40,49)(H,41,42)/t28-/m0/s1. The Morgan fingerprint density at radius 3 is 2.56 bits per heavy atom. The van der Waals surface area contributed by atoms with Crippen molar-refractivity contribution in [1.82, 2.24) is 50.2 Å². The summed E-state index contributed by atoms with van der Waals surface area (Å²) < 4.78 is 6.12. The number of aromatic amines is 1. The predicted octanol–water partition coefficient (Wildman–Crippen LogP) is 4.67. The second kappa shape index (κ2) is 18.6. The van der Waals surface area contributed by atoms with Crippen molar-refractivity contribution in [3.8, 4) is 16.9 Å². The molecule has 5 rings (SSSR count). The molecule has 2 aromatic heterocycles. The molecule has 0 radical (unpaired) electrons. The van der Waals surface area contributed by atoms with Gasteiger partial charge in [0.2, 0.25) is 11.8 Å². The lowest BCUT2D eigenvalue weighted by molar-refractivity contribution is -0.131. The number of tetrazole rings is 1. The molecule has 1 aliphatic rings. The minimum absolute atomic E-state index is 0.0443. The number of anilines is 1. The first kappa shape index (κ1) is 38.4. The van der Waals surface area contributed by atoms with Gasteiger partial charge >= 0.3 is 6.09 Å². The topological polar surface area (TPSA) is 166 Å². The normalized spacial score (nSPS) is 14.4. The number of halogens is 2. The zero-order chi connectivity index (χ0) is 37.0. The fourth-order valence-corrected chi connectivity index (χ4v) is 6.35. The first-order chi connectivity index (χ1) is 25.2. The number of amides is 3. The van der Waals surface area contributed by atoms with Crippen LogP contribution in [0.15, 0.2) is 54.9 Å². The number of carbonyl (C=O) groups excluding carboxylic acids is 3. The Kier molecular flexibility index (Phi) is 13.7. The lowest BCUT2D eigenvalue weighted by atomic mass is 10.1. The summed E-state index contributed by atoms with van der Waals surface area (Å²) in [6, 6.07) is 11.2. The van der Waals surface area contributed by atoms with Gasteiger partial charge in [0.1, 0.15) is 23.0 Å². The van der Waals surface area contributed by atoms with Crippen LogP contribution in [0.1, 0.15) is 44.1 Å². The van der Waals surface area contributed by atoms with Crippen molar-refractivity contribution < 1.29 is 19.1 Å². The van der Waals surface area contributed by atoms with E-state index in [1.165, 1.54) is 24.2 Å². The molecule has 0 bridgehead atoms. The molecule has 1 fully saturated rings. The number of H-pyrrole nitrogens is 1. The first-order valence-corrected chi connectivity index (χ1v) is 17.9. The number of hydrogen-bond acceptors (Lipinski definition) is 10. The van der Waals surface area contributed by atoms with E-state index in [-0.39, 0.29) is 17.5 Å². The molecule has 4 aromatic rings. The quantitative estimate of drug-likeness (QED) is 0.154. The molecular formula is C35H43Cl2N11O4. The number of carbonyl (C=O) groups is 3. The molecule has 0 spiro atoms. The fourth-order valence-electron chi connectivity index (χ4n) is 5.92. The Bertz CT molecular complexity index is 1830. The van der Waals surface area contributed by atoms with Gasteiger partial charge in [-0.15, -0.1) is 5.10 Å². The van der Waals surface area contributed by atoms with Crippen LogP contribution in [0.25, 0.3) is 23.0 Å². The predicted molar refractivity (Wildman–Crippen MR) is 199 cm³/mol. The van der Waals surface area contributed by atoms with Gasteiger partial charge in [-0.25, -0.2) is 9.78 Å². The van der Waals surface area contributed by atoms with Gasteiger partial charge in [0.05, 0.1) is 25.3 Å². The SMILES string of the molecule is CCN(CC)CCN1CCCN(C(=O)C[C@H](NC(=O)C=Cc2cc(Cl)ccc2-n2cnnn2)c2nc(-c3ccc(NC(=O)OC)cc3)c(Cl)[nH]2)CC1. The Hall–Kier alpha value is -4.83. The van der Waals surface area contributed by atoms with E-state index in [1.54, 1.807) is 48.5 Å². The van der Waals surface area contributed by atoms with Crippen LogP contribution >= 0.6 is 23.2 Å². The van der Waals surface area contributed by atoms with Crippen molar-refractivity contribution in [2.45, 2.75) is 32.7 Å². The van der Waals surface area contributed by atoms with Crippen molar-refractivity contribution in [2.24, 2.45) is 0 Å². The highest BCUT2D eigenvalue weighted by Crippen LogP contribution is 2.30. The molecule has 1 aliphatic heterocycles. The molecule has 276 valence electrons. The van der Waals surface area contributed by atoms with E-state index in [9.17, 15) is 14.4 Å². The Morgan fingerprint density at radius 1 is 1.06 bits per heavy atom. The average Bonchev–Trinajstić information content (AvgIpc) is 3.75. The van der Waals surface area contributed by atoms with Crippen molar-refractivity contribution in [3.63, 3.8) is 0 Å². The van der Waals surface area contributed by atoms with Gasteiger partial charge in [-0.05, 0) is 72.9 Å². The maximum Gasteiger partial charge on any atom is 0.411 e. The Balaban J connectivity index is 1.35. The number of likely N-dealkylation sites (N-methyl/N-ethyl adjacent to an activating group) is 1. The van der Waals surface area contributed by atoms with E-state index in [0.29, 0.717) is 52.1 Å². The summed E-state index contributed by atoms with van der Waals surface area (Å²) in [6.07, 6.45) is 4.61. The molecule has 0 unspecified atom stereocenters. The van der Waals surface area contributed by atoms with Crippen molar-refractivity contribution in [1.29, 1.82) is 0 Å². The number of nitrogens with one attached hydrogen (secondary N) is 3. The van der Waals surface area contributed by atoms with Gasteiger partial charge in [-0.3, -0.25) is 14.9 Å². The lowest BCUT2D eigenvalue weighted by Crippen LogP contribution is -2.40. The molecule has 3 N–H and O–H groups in total. The van der Waals surface area contributed by atoms with E-state index in [1.807, 2.05) is 4.90 Å². The molecule has 1 atom stereocenters. The van der Waals surface area contributed by atoms with E-state index >= 15 is 0 Å². The van der Waals surface area contributed by atoms with Crippen LogP contribution in [0.2, 0.25) is 10.2 Å². The van der Waals surface area contributed by atoms with E-state index in [4.69, 9.17) is 28.2 Å². The maximum absolute atomic E-state index is 13.9. The van der Waals surface area contributed by atoms with Gasteiger partial charge in [0.15, 0.2) is 0 Å².